The van der Waals surface area contributed by atoms with Crippen LogP contribution in [0, 0.1) is 0 Å². The molecule has 4 nitrogen and oxygen atoms in total. The number of nitrogens with one attached hydrogen (secondary N) is 1. The Hall–Kier alpha value is -0.970. The summed E-state index contributed by atoms with van der Waals surface area (Å²) >= 11 is 6.22. The van der Waals surface area contributed by atoms with Gasteiger partial charge in [-0.2, -0.15) is 0 Å². The second-order valence-corrected chi connectivity index (χ2v) is 5.90. The van der Waals surface area contributed by atoms with Gasteiger partial charge in [0.1, 0.15) is 13.2 Å². The summed E-state index contributed by atoms with van der Waals surface area (Å²) in [6, 6.07) is 4.78. The van der Waals surface area contributed by atoms with Crippen molar-refractivity contribution in [1.29, 1.82) is 0 Å². The molecular formula is C15H21ClN2O2. The van der Waals surface area contributed by atoms with Crippen LogP contribution < -0.4 is 14.8 Å². The van der Waals surface area contributed by atoms with E-state index in [0.29, 0.717) is 24.0 Å². The van der Waals surface area contributed by atoms with Gasteiger partial charge >= 0.3 is 0 Å². The normalized spacial score (nSPS) is 17.6. The van der Waals surface area contributed by atoms with E-state index in [0.717, 1.165) is 37.0 Å². The third-order valence-electron chi connectivity index (χ3n) is 3.80. The lowest BCUT2D eigenvalue weighted by atomic mass is 10.2. The molecule has 3 rings (SSSR count). The van der Waals surface area contributed by atoms with Gasteiger partial charge in [-0.05, 0) is 37.6 Å². The van der Waals surface area contributed by atoms with Crippen LogP contribution in [-0.2, 0) is 6.54 Å². The summed E-state index contributed by atoms with van der Waals surface area (Å²) < 4.78 is 11.1. The molecule has 0 amide bonds. The zero-order valence-electron chi connectivity index (χ0n) is 11.8. The van der Waals surface area contributed by atoms with E-state index in [1.807, 2.05) is 12.1 Å². The Morgan fingerprint density at radius 2 is 2.10 bits per heavy atom. The number of hydrogen-bond donors (Lipinski definition) is 1. The summed E-state index contributed by atoms with van der Waals surface area (Å²) in [4.78, 5) is 2.42. The van der Waals surface area contributed by atoms with Crippen molar-refractivity contribution in [1.82, 2.24) is 10.2 Å². The largest absolute Gasteiger partial charge is 0.486 e. The maximum absolute atomic E-state index is 6.22. The van der Waals surface area contributed by atoms with Gasteiger partial charge in [-0.15, -0.1) is 0 Å². The van der Waals surface area contributed by atoms with E-state index in [1.165, 1.54) is 12.8 Å². The number of hydrogen-bond acceptors (Lipinski definition) is 4. The molecule has 2 aliphatic rings. The monoisotopic (exact) mass is 296 g/mol. The third-order valence-corrected chi connectivity index (χ3v) is 4.08. The van der Waals surface area contributed by atoms with Gasteiger partial charge in [-0.25, -0.2) is 0 Å². The van der Waals surface area contributed by atoms with Crippen LogP contribution in [0.2, 0.25) is 5.02 Å². The molecule has 1 saturated carbocycles. The van der Waals surface area contributed by atoms with Crippen LogP contribution in [0.25, 0.3) is 0 Å². The van der Waals surface area contributed by atoms with Crippen molar-refractivity contribution in [2.45, 2.75) is 25.4 Å². The van der Waals surface area contributed by atoms with Gasteiger partial charge in [0, 0.05) is 25.7 Å². The first-order chi connectivity index (χ1) is 9.74. The minimum atomic E-state index is 0.567. The molecule has 110 valence electrons. The molecule has 1 aliphatic heterocycles. The van der Waals surface area contributed by atoms with E-state index in [-0.39, 0.29) is 0 Å². The van der Waals surface area contributed by atoms with Crippen molar-refractivity contribution in [3.8, 4) is 11.5 Å². The molecule has 0 unspecified atom stereocenters. The van der Waals surface area contributed by atoms with Gasteiger partial charge < -0.3 is 19.7 Å². The van der Waals surface area contributed by atoms with Gasteiger partial charge in [-0.3, -0.25) is 0 Å². The number of ether oxygens (including phenoxy) is 2. The van der Waals surface area contributed by atoms with Crippen molar-refractivity contribution in [2.75, 3.05) is 33.4 Å². The SMILES string of the molecule is CN(CCNCc1cc(Cl)c2c(c1)OCCO2)C1CC1. The summed E-state index contributed by atoms with van der Waals surface area (Å²) in [5.41, 5.74) is 1.13. The minimum absolute atomic E-state index is 0.567. The van der Waals surface area contributed by atoms with Gasteiger partial charge in [0.05, 0.1) is 5.02 Å². The summed E-state index contributed by atoms with van der Waals surface area (Å²) in [6.07, 6.45) is 2.71. The van der Waals surface area contributed by atoms with Crippen molar-refractivity contribution in [3.05, 3.63) is 22.7 Å². The molecule has 0 atom stereocenters. The molecule has 0 aromatic heterocycles. The molecule has 20 heavy (non-hydrogen) atoms. The average Bonchev–Trinajstić information content (AvgIpc) is 3.28. The third kappa shape index (κ3) is 3.37. The highest BCUT2D eigenvalue weighted by Crippen LogP contribution is 2.38. The summed E-state index contributed by atoms with van der Waals surface area (Å²) in [5, 5.41) is 4.09. The Balaban J connectivity index is 1.50. The highest BCUT2D eigenvalue weighted by molar-refractivity contribution is 6.32. The van der Waals surface area contributed by atoms with Gasteiger partial charge in [-0.1, -0.05) is 11.6 Å². The first-order valence-electron chi connectivity index (χ1n) is 7.23. The standard InChI is InChI=1S/C15H21ClN2O2/c1-18(12-2-3-12)5-4-17-10-11-8-13(16)15-14(9-11)19-6-7-20-15/h8-9,12,17H,2-7,10H2,1H3. The Morgan fingerprint density at radius 1 is 1.30 bits per heavy atom. The maximum Gasteiger partial charge on any atom is 0.179 e. The summed E-state index contributed by atoms with van der Waals surface area (Å²) in [7, 11) is 2.19. The van der Waals surface area contributed by atoms with Crippen molar-refractivity contribution in [3.63, 3.8) is 0 Å². The van der Waals surface area contributed by atoms with E-state index in [4.69, 9.17) is 21.1 Å². The number of fused-ring (bicyclic) bond motifs is 1. The fourth-order valence-electron chi connectivity index (χ4n) is 2.45. The number of likely N-dealkylation sites (N-methyl/N-ethyl adjacent to an activating group) is 1. The fourth-order valence-corrected chi connectivity index (χ4v) is 2.74. The molecule has 0 radical (unpaired) electrons. The van der Waals surface area contributed by atoms with Crippen LogP contribution in [0.3, 0.4) is 0 Å². The average molecular weight is 297 g/mol. The lowest BCUT2D eigenvalue weighted by Gasteiger charge is -2.20. The maximum atomic E-state index is 6.22. The second-order valence-electron chi connectivity index (χ2n) is 5.49. The lowest BCUT2D eigenvalue weighted by Crippen LogP contribution is -2.30. The van der Waals surface area contributed by atoms with E-state index < -0.39 is 0 Å². The van der Waals surface area contributed by atoms with Gasteiger partial charge in [0.2, 0.25) is 0 Å². The molecule has 1 fully saturated rings. The van der Waals surface area contributed by atoms with E-state index in [1.54, 1.807) is 0 Å². The lowest BCUT2D eigenvalue weighted by molar-refractivity contribution is 0.171. The Morgan fingerprint density at radius 3 is 2.90 bits per heavy atom. The molecule has 1 N–H and O–H groups in total. The van der Waals surface area contributed by atoms with Crippen LogP contribution in [0.5, 0.6) is 11.5 Å². The predicted octanol–water partition coefficient (Wildman–Crippen LogP) is 2.29. The number of rotatable bonds is 6. The van der Waals surface area contributed by atoms with Crippen LogP contribution in [0.4, 0.5) is 0 Å². The molecule has 1 aromatic carbocycles. The molecule has 1 aromatic rings. The van der Waals surface area contributed by atoms with E-state index >= 15 is 0 Å². The first kappa shape index (κ1) is 14.0. The summed E-state index contributed by atoms with van der Waals surface area (Å²) in [5.74, 6) is 1.44. The van der Waals surface area contributed by atoms with Crippen molar-refractivity contribution in [2.24, 2.45) is 0 Å². The van der Waals surface area contributed by atoms with Crippen LogP contribution >= 0.6 is 11.6 Å². The zero-order valence-corrected chi connectivity index (χ0v) is 12.6. The van der Waals surface area contributed by atoms with Crippen molar-refractivity contribution < 1.29 is 9.47 Å². The molecule has 0 saturated heterocycles. The van der Waals surface area contributed by atoms with Gasteiger partial charge in [0.15, 0.2) is 11.5 Å². The molecule has 1 heterocycles. The molecule has 5 heteroatoms. The smallest absolute Gasteiger partial charge is 0.179 e. The molecule has 0 spiro atoms. The topological polar surface area (TPSA) is 33.7 Å². The van der Waals surface area contributed by atoms with Crippen LogP contribution in [-0.4, -0.2) is 44.3 Å². The number of halogens is 1. The van der Waals surface area contributed by atoms with Crippen LogP contribution in [0.1, 0.15) is 18.4 Å². The Kier molecular flexibility index (Phi) is 4.34. The summed E-state index contributed by atoms with van der Waals surface area (Å²) in [6.45, 7) is 4.03. The predicted molar refractivity (Wildman–Crippen MR) is 79.8 cm³/mol. The quantitative estimate of drug-likeness (QED) is 0.817. The second kappa shape index (κ2) is 6.20. The zero-order chi connectivity index (χ0) is 13.9. The Labute approximate surface area is 125 Å². The molecule has 1 aliphatic carbocycles. The van der Waals surface area contributed by atoms with Crippen LogP contribution in [0.15, 0.2) is 12.1 Å². The minimum Gasteiger partial charge on any atom is -0.486 e. The first-order valence-corrected chi connectivity index (χ1v) is 7.61. The molecule has 0 bridgehead atoms. The molecular weight excluding hydrogens is 276 g/mol. The van der Waals surface area contributed by atoms with E-state index in [9.17, 15) is 0 Å². The number of benzene rings is 1. The van der Waals surface area contributed by atoms with Gasteiger partial charge in [0.25, 0.3) is 0 Å². The highest BCUT2D eigenvalue weighted by atomic mass is 35.5. The van der Waals surface area contributed by atoms with E-state index in [2.05, 4.69) is 17.3 Å². The van der Waals surface area contributed by atoms with Crippen molar-refractivity contribution >= 4 is 11.6 Å². The Bertz CT molecular complexity index is 477. The highest BCUT2D eigenvalue weighted by Gasteiger charge is 2.25. The number of nitrogens with zero attached hydrogens (tertiary/aromatic N) is 1. The fraction of sp³-hybridized carbons (Fsp3) is 0.600.